The zero-order chi connectivity index (χ0) is 15.0. The Bertz CT molecular complexity index is 710. The predicted molar refractivity (Wildman–Crippen MR) is 88.3 cm³/mol. The highest BCUT2D eigenvalue weighted by molar-refractivity contribution is 9.11. The van der Waals surface area contributed by atoms with E-state index in [9.17, 15) is 9.59 Å². The molecule has 1 aliphatic rings. The number of halogens is 2. The fraction of sp³-hybridized carbons (Fsp3) is 0.125. The summed E-state index contributed by atoms with van der Waals surface area (Å²) in [5.41, 5.74) is 2.85. The highest BCUT2D eigenvalue weighted by atomic mass is 79.9. The van der Waals surface area contributed by atoms with E-state index < -0.39 is 11.8 Å². The van der Waals surface area contributed by atoms with Gasteiger partial charge in [-0.1, -0.05) is 30.3 Å². The molecule has 0 aromatic heterocycles. The minimum Gasteiger partial charge on any atom is -0.351 e. The third-order valence-electron chi connectivity index (χ3n) is 3.61. The number of benzene rings is 2. The molecule has 1 atom stereocenters. The zero-order valence-corrected chi connectivity index (χ0v) is 14.1. The van der Waals surface area contributed by atoms with E-state index in [-0.39, 0.29) is 0 Å². The maximum absolute atomic E-state index is 12.1. The van der Waals surface area contributed by atoms with Gasteiger partial charge in [0.1, 0.15) is 6.04 Å². The second-order valence-electron chi connectivity index (χ2n) is 4.82. The number of aldehydes is 1. The number of para-hydroxylation sites is 1. The highest BCUT2D eigenvalue weighted by Crippen LogP contribution is 2.44. The molecule has 0 N–H and O–H groups in total. The van der Waals surface area contributed by atoms with Crippen LogP contribution in [0.15, 0.2) is 51.4 Å². The van der Waals surface area contributed by atoms with Gasteiger partial charge in [-0.2, -0.15) is 0 Å². The molecular weight excluding hydrogens is 398 g/mol. The van der Waals surface area contributed by atoms with Crippen LogP contribution in [0.5, 0.6) is 0 Å². The number of anilines is 1. The highest BCUT2D eigenvalue weighted by Gasteiger charge is 2.36. The summed E-state index contributed by atoms with van der Waals surface area (Å²) in [6, 6.07) is 12.9. The van der Waals surface area contributed by atoms with Crippen molar-refractivity contribution in [1.29, 1.82) is 0 Å². The largest absolute Gasteiger partial charge is 0.351 e. The topological polar surface area (TPSA) is 37.4 Å². The monoisotopic (exact) mass is 407 g/mol. The van der Waals surface area contributed by atoms with Crippen molar-refractivity contribution in [1.82, 2.24) is 0 Å². The van der Waals surface area contributed by atoms with Crippen LogP contribution in [0.4, 0.5) is 5.69 Å². The van der Waals surface area contributed by atoms with Gasteiger partial charge in [-0.05, 0) is 55.1 Å². The van der Waals surface area contributed by atoms with Crippen molar-refractivity contribution in [3.05, 3.63) is 62.5 Å². The lowest BCUT2D eigenvalue weighted by atomic mass is 10.0. The maximum Gasteiger partial charge on any atom is 0.222 e. The summed E-state index contributed by atoms with van der Waals surface area (Å²) in [5.74, 6) is -0.428. The Morgan fingerprint density at radius 1 is 1.10 bits per heavy atom. The Kier molecular flexibility index (Phi) is 3.95. The summed E-state index contributed by atoms with van der Waals surface area (Å²) in [5, 5.41) is 0. The Hall–Kier alpha value is -1.46. The second-order valence-corrected chi connectivity index (χ2v) is 6.53. The van der Waals surface area contributed by atoms with Crippen molar-refractivity contribution >= 4 is 49.6 Å². The molecule has 0 saturated carbocycles. The number of nitrogens with zero attached hydrogens (tertiary/aromatic N) is 1. The van der Waals surface area contributed by atoms with Gasteiger partial charge in [-0.3, -0.25) is 9.59 Å². The minimum atomic E-state index is -0.561. The summed E-state index contributed by atoms with van der Waals surface area (Å²) in [6.45, 7) is 0.599. The van der Waals surface area contributed by atoms with Gasteiger partial charge in [0.2, 0.25) is 5.78 Å². The van der Waals surface area contributed by atoms with E-state index in [1.165, 1.54) is 0 Å². The van der Waals surface area contributed by atoms with Crippen molar-refractivity contribution in [2.24, 2.45) is 0 Å². The molecule has 3 rings (SSSR count). The smallest absolute Gasteiger partial charge is 0.222 e. The fourth-order valence-electron chi connectivity index (χ4n) is 2.73. The summed E-state index contributed by atoms with van der Waals surface area (Å²) in [6.07, 6.45) is 0.407. The average molecular weight is 409 g/mol. The summed E-state index contributed by atoms with van der Waals surface area (Å²) in [7, 11) is 0. The van der Waals surface area contributed by atoms with E-state index in [1.807, 2.05) is 47.4 Å². The maximum atomic E-state index is 12.1. The molecular formula is C16H11Br2NO2. The minimum absolute atomic E-state index is 0.407. The number of fused-ring (bicyclic) bond motifs is 1. The molecule has 0 aliphatic carbocycles. The molecule has 3 nitrogen and oxygen atoms in total. The average Bonchev–Trinajstić information content (AvgIpc) is 2.85. The lowest BCUT2D eigenvalue weighted by molar-refractivity contribution is -0.130. The normalized spacial score (nSPS) is 16.7. The number of hydrogen-bond donors (Lipinski definition) is 0. The molecule has 0 fully saturated rings. The molecule has 0 radical (unpaired) electrons. The first-order valence-electron chi connectivity index (χ1n) is 6.41. The van der Waals surface area contributed by atoms with E-state index >= 15 is 0 Å². The number of ketones is 1. The predicted octanol–water partition coefficient (Wildman–Crippen LogP) is 4.04. The van der Waals surface area contributed by atoms with Gasteiger partial charge in [0, 0.05) is 15.5 Å². The van der Waals surface area contributed by atoms with E-state index in [2.05, 4.69) is 31.9 Å². The summed E-state index contributed by atoms with van der Waals surface area (Å²) < 4.78 is 1.77. The number of hydrogen-bond acceptors (Lipinski definition) is 3. The number of carbonyl (C=O) groups excluding carboxylic acids is 2. The van der Waals surface area contributed by atoms with Crippen LogP contribution in [0, 0.1) is 0 Å². The zero-order valence-electron chi connectivity index (χ0n) is 10.9. The molecule has 1 aliphatic heterocycles. The van der Waals surface area contributed by atoms with Gasteiger partial charge < -0.3 is 4.90 Å². The van der Waals surface area contributed by atoms with Gasteiger partial charge in [0.15, 0.2) is 6.29 Å². The van der Waals surface area contributed by atoms with Crippen molar-refractivity contribution in [2.75, 3.05) is 4.90 Å². The Labute approximate surface area is 139 Å². The van der Waals surface area contributed by atoms with Crippen LogP contribution in [0.1, 0.15) is 17.2 Å². The van der Waals surface area contributed by atoms with Gasteiger partial charge in [0.05, 0.1) is 5.69 Å². The molecule has 1 heterocycles. The van der Waals surface area contributed by atoms with Crippen LogP contribution >= 0.6 is 31.9 Å². The Morgan fingerprint density at radius 2 is 1.76 bits per heavy atom. The molecule has 0 saturated heterocycles. The third kappa shape index (κ3) is 2.45. The second kappa shape index (κ2) is 5.73. The SMILES string of the molecule is O=CC(=O)C1c2ccccc2CN1c1c(Br)cccc1Br. The Balaban J connectivity index is 2.15. The van der Waals surface area contributed by atoms with Crippen LogP contribution < -0.4 is 4.90 Å². The van der Waals surface area contributed by atoms with Crippen molar-refractivity contribution < 1.29 is 9.59 Å². The van der Waals surface area contributed by atoms with E-state index in [1.54, 1.807) is 0 Å². The van der Waals surface area contributed by atoms with E-state index in [0.29, 0.717) is 12.8 Å². The van der Waals surface area contributed by atoms with Crippen molar-refractivity contribution in [3.8, 4) is 0 Å². The molecule has 0 bridgehead atoms. The van der Waals surface area contributed by atoms with Crippen LogP contribution in [0.3, 0.4) is 0 Å². The van der Waals surface area contributed by atoms with Crippen LogP contribution in [-0.2, 0) is 16.1 Å². The number of carbonyl (C=O) groups is 2. The van der Waals surface area contributed by atoms with Gasteiger partial charge in [0.25, 0.3) is 0 Å². The summed E-state index contributed by atoms with van der Waals surface area (Å²) in [4.78, 5) is 25.1. The Morgan fingerprint density at radius 3 is 2.43 bits per heavy atom. The standard InChI is InChI=1S/C16H11Br2NO2/c17-12-6-3-7-13(18)16(12)19-8-10-4-1-2-5-11(10)15(19)14(21)9-20/h1-7,9,15H,8H2. The first kappa shape index (κ1) is 14.5. The third-order valence-corrected chi connectivity index (χ3v) is 4.89. The van der Waals surface area contributed by atoms with Crippen molar-refractivity contribution in [3.63, 3.8) is 0 Å². The molecule has 0 spiro atoms. The molecule has 106 valence electrons. The van der Waals surface area contributed by atoms with Crippen molar-refractivity contribution in [2.45, 2.75) is 12.6 Å². The molecule has 1 unspecified atom stereocenters. The molecule has 5 heteroatoms. The first-order valence-corrected chi connectivity index (χ1v) is 7.99. The summed E-state index contributed by atoms with van der Waals surface area (Å²) >= 11 is 7.06. The van der Waals surface area contributed by atoms with Crippen LogP contribution in [0.2, 0.25) is 0 Å². The lowest BCUT2D eigenvalue weighted by Crippen LogP contribution is -2.29. The van der Waals surface area contributed by atoms with E-state index in [0.717, 1.165) is 25.8 Å². The quantitative estimate of drug-likeness (QED) is 0.568. The lowest BCUT2D eigenvalue weighted by Gasteiger charge is -2.27. The molecule has 21 heavy (non-hydrogen) atoms. The van der Waals surface area contributed by atoms with Gasteiger partial charge >= 0.3 is 0 Å². The molecule has 0 amide bonds. The fourth-order valence-corrected chi connectivity index (χ4v) is 4.18. The molecule has 2 aromatic carbocycles. The number of rotatable bonds is 3. The van der Waals surface area contributed by atoms with Crippen LogP contribution in [-0.4, -0.2) is 12.1 Å². The number of Topliss-reactive ketones (excluding diaryl/α,β-unsaturated/α-hetero) is 1. The van der Waals surface area contributed by atoms with Gasteiger partial charge in [-0.15, -0.1) is 0 Å². The molecule has 2 aromatic rings. The van der Waals surface area contributed by atoms with E-state index in [4.69, 9.17) is 0 Å². The first-order chi connectivity index (χ1) is 10.1. The van der Waals surface area contributed by atoms with Crippen LogP contribution in [0.25, 0.3) is 0 Å². The van der Waals surface area contributed by atoms with Gasteiger partial charge in [-0.25, -0.2) is 0 Å².